The molecule has 0 aliphatic heterocycles. The van der Waals surface area contributed by atoms with Crippen molar-refractivity contribution < 1.29 is 18.7 Å². The first-order valence-electron chi connectivity index (χ1n) is 8.84. The molecular weight excluding hydrogens is 358 g/mol. The minimum Gasteiger partial charge on any atom is -0.487 e. The molecule has 0 radical (unpaired) electrons. The molecule has 2 heterocycles. The molecule has 7 heteroatoms. The number of ether oxygens (including phenoxy) is 1. The Hall–Kier alpha value is -3.61. The van der Waals surface area contributed by atoms with E-state index in [0.29, 0.717) is 24.5 Å². The lowest BCUT2D eigenvalue weighted by molar-refractivity contribution is -0.122. The van der Waals surface area contributed by atoms with Gasteiger partial charge in [-0.1, -0.05) is 18.2 Å². The number of nitrogens with one attached hydrogen (secondary N) is 2. The number of pyridine rings is 1. The van der Waals surface area contributed by atoms with E-state index in [4.69, 9.17) is 9.15 Å². The number of rotatable bonds is 8. The predicted octanol–water partition coefficient (Wildman–Crippen LogP) is 2.69. The lowest BCUT2D eigenvalue weighted by Crippen LogP contribution is -2.44. The molecule has 0 spiro atoms. The molecule has 2 amide bonds. The number of furan rings is 1. The third-order valence-corrected chi connectivity index (χ3v) is 4.00. The lowest BCUT2D eigenvalue weighted by atomic mass is 10.2. The number of carbonyl (C=O) groups is 2. The van der Waals surface area contributed by atoms with E-state index in [0.717, 1.165) is 11.3 Å². The normalized spacial score (nSPS) is 11.5. The molecular formula is C21H21N3O4. The Morgan fingerprint density at radius 3 is 2.82 bits per heavy atom. The van der Waals surface area contributed by atoms with Crippen LogP contribution < -0.4 is 15.4 Å². The van der Waals surface area contributed by atoms with Crippen LogP contribution >= 0.6 is 0 Å². The van der Waals surface area contributed by atoms with Gasteiger partial charge in [-0.15, -0.1) is 0 Å². The van der Waals surface area contributed by atoms with Crippen molar-refractivity contribution >= 4 is 11.8 Å². The van der Waals surface area contributed by atoms with Crippen LogP contribution in [0.5, 0.6) is 5.75 Å². The fourth-order valence-electron chi connectivity index (χ4n) is 2.47. The van der Waals surface area contributed by atoms with Crippen LogP contribution in [-0.2, 0) is 17.9 Å². The summed E-state index contributed by atoms with van der Waals surface area (Å²) in [5, 5.41) is 5.43. The molecule has 3 aromatic rings. The summed E-state index contributed by atoms with van der Waals surface area (Å²) in [5.74, 6) is 0.0525. The molecule has 0 saturated heterocycles. The van der Waals surface area contributed by atoms with Crippen molar-refractivity contribution in [2.75, 3.05) is 0 Å². The van der Waals surface area contributed by atoms with Crippen molar-refractivity contribution in [3.8, 4) is 5.75 Å². The molecule has 1 atom stereocenters. The van der Waals surface area contributed by atoms with E-state index in [2.05, 4.69) is 15.6 Å². The third-order valence-electron chi connectivity index (χ3n) is 4.00. The summed E-state index contributed by atoms with van der Waals surface area (Å²) in [6, 6.07) is 14.0. The first-order valence-corrected chi connectivity index (χ1v) is 8.84. The first-order chi connectivity index (χ1) is 13.6. The minimum atomic E-state index is -0.675. The van der Waals surface area contributed by atoms with Crippen LogP contribution in [0.25, 0.3) is 0 Å². The van der Waals surface area contributed by atoms with Gasteiger partial charge in [0.1, 0.15) is 24.7 Å². The average Bonchev–Trinajstić information content (AvgIpc) is 3.26. The highest BCUT2D eigenvalue weighted by Crippen LogP contribution is 2.14. The van der Waals surface area contributed by atoms with Crippen LogP contribution in [0.2, 0.25) is 0 Å². The van der Waals surface area contributed by atoms with Gasteiger partial charge in [-0.3, -0.25) is 14.6 Å². The number of hydrogen-bond acceptors (Lipinski definition) is 5. The maximum atomic E-state index is 12.2. The highest BCUT2D eigenvalue weighted by molar-refractivity contribution is 5.97. The number of hydrogen-bond donors (Lipinski definition) is 2. The summed E-state index contributed by atoms with van der Waals surface area (Å²) in [5.41, 5.74) is 2.10. The van der Waals surface area contributed by atoms with Crippen LogP contribution in [0.15, 0.2) is 71.7 Å². The summed E-state index contributed by atoms with van der Waals surface area (Å²) in [4.78, 5) is 28.4. The van der Waals surface area contributed by atoms with Gasteiger partial charge in [-0.05, 0) is 42.8 Å². The van der Waals surface area contributed by atoms with E-state index in [1.807, 2.05) is 42.5 Å². The minimum absolute atomic E-state index is 0.281. The number of amides is 2. The van der Waals surface area contributed by atoms with Gasteiger partial charge in [0.25, 0.3) is 5.91 Å². The van der Waals surface area contributed by atoms with Gasteiger partial charge >= 0.3 is 0 Å². The van der Waals surface area contributed by atoms with E-state index in [1.54, 1.807) is 13.1 Å². The monoisotopic (exact) mass is 379 g/mol. The van der Waals surface area contributed by atoms with E-state index in [9.17, 15) is 9.59 Å². The molecule has 0 aliphatic carbocycles. The zero-order chi connectivity index (χ0) is 19.8. The van der Waals surface area contributed by atoms with Crippen LogP contribution in [0.1, 0.15) is 28.5 Å². The Balaban J connectivity index is 1.48. The van der Waals surface area contributed by atoms with Gasteiger partial charge in [0.2, 0.25) is 5.91 Å². The number of nitrogens with zero attached hydrogens (tertiary/aromatic N) is 1. The summed E-state index contributed by atoms with van der Waals surface area (Å²) in [6.45, 7) is 2.32. The van der Waals surface area contributed by atoms with E-state index >= 15 is 0 Å². The van der Waals surface area contributed by atoms with E-state index < -0.39 is 6.04 Å². The molecule has 144 valence electrons. The van der Waals surface area contributed by atoms with Crippen molar-refractivity contribution in [2.24, 2.45) is 0 Å². The standard InChI is InChI=1S/C21H21N3O4/c1-15(24-21(26)17-8-10-27-13-17)20(25)23-12-16-5-4-7-19(11-16)28-14-18-6-2-3-9-22-18/h2-11,13,15H,12,14H2,1H3,(H,23,25)(H,24,26). The third kappa shape index (κ3) is 5.44. The molecule has 3 rings (SSSR count). The van der Waals surface area contributed by atoms with Crippen LogP contribution in [0.3, 0.4) is 0 Å². The molecule has 0 saturated carbocycles. The summed E-state index contributed by atoms with van der Waals surface area (Å²) in [6.07, 6.45) is 4.45. The van der Waals surface area contributed by atoms with Crippen molar-refractivity contribution in [3.63, 3.8) is 0 Å². The molecule has 0 fully saturated rings. The van der Waals surface area contributed by atoms with Gasteiger partial charge in [0.15, 0.2) is 0 Å². The zero-order valence-corrected chi connectivity index (χ0v) is 15.4. The first kappa shape index (κ1) is 19.2. The Labute approximate surface area is 162 Å². The Morgan fingerprint density at radius 1 is 1.18 bits per heavy atom. The second-order valence-electron chi connectivity index (χ2n) is 6.18. The molecule has 2 N–H and O–H groups in total. The quantitative estimate of drug-likeness (QED) is 0.628. The number of aromatic nitrogens is 1. The van der Waals surface area contributed by atoms with Crippen LogP contribution in [0.4, 0.5) is 0 Å². The molecule has 28 heavy (non-hydrogen) atoms. The zero-order valence-electron chi connectivity index (χ0n) is 15.4. The fourth-order valence-corrected chi connectivity index (χ4v) is 2.47. The molecule has 1 unspecified atom stereocenters. The lowest BCUT2D eigenvalue weighted by Gasteiger charge is -2.14. The Bertz CT molecular complexity index is 910. The van der Waals surface area contributed by atoms with Crippen molar-refractivity contribution in [1.82, 2.24) is 15.6 Å². The van der Waals surface area contributed by atoms with Crippen LogP contribution in [-0.4, -0.2) is 22.8 Å². The van der Waals surface area contributed by atoms with Gasteiger partial charge in [-0.25, -0.2) is 0 Å². The average molecular weight is 379 g/mol. The highest BCUT2D eigenvalue weighted by atomic mass is 16.5. The number of benzene rings is 1. The Morgan fingerprint density at radius 2 is 2.07 bits per heavy atom. The van der Waals surface area contributed by atoms with Crippen molar-refractivity contribution in [2.45, 2.75) is 26.1 Å². The maximum Gasteiger partial charge on any atom is 0.255 e. The molecule has 7 nitrogen and oxygen atoms in total. The summed E-state index contributed by atoms with van der Waals surface area (Å²) in [7, 11) is 0. The van der Waals surface area contributed by atoms with Gasteiger partial charge in [0, 0.05) is 12.7 Å². The van der Waals surface area contributed by atoms with E-state index in [1.165, 1.54) is 18.6 Å². The topological polar surface area (TPSA) is 93.5 Å². The largest absolute Gasteiger partial charge is 0.487 e. The second kappa shape index (κ2) is 9.36. The highest BCUT2D eigenvalue weighted by Gasteiger charge is 2.17. The van der Waals surface area contributed by atoms with Gasteiger partial charge in [0.05, 0.1) is 17.5 Å². The molecule has 1 aromatic carbocycles. The maximum absolute atomic E-state index is 12.2. The molecule has 2 aromatic heterocycles. The van der Waals surface area contributed by atoms with Crippen molar-refractivity contribution in [1.29, 1.82) is 0 Å². The van der Waals surface area contributed by atoms with Gasteiger partial charge in [-0.2, -0.15) is 0 Å². The van der Waals surface area contributed by atoms with Gasteiger partial charge < -0.3 is 19.8 Å². The fraction of sp³-hybridized carbons (Fsp3) is 0.190. The Kier molecular flexibility index (Phi) is 6.41. The smallest absolute Gasteiger partial charge is 0.255 e. The molecule has 0 bridgehead atoms. The summed E-state index contributed by atoms with van der Waals surface area (Å²) >= 11 is 0. The summed E-state index contributed by atoms with van der Waals surface area (Å²) < 4.78 is 10.6. The van der Waals surface area contributed by atoms with Crippen molar-refractivity contribution in [3.05, 3.63) is 84.1 Å². The molecule has 0 aliphatic rings. The predicted molar refractivity (Wildman–Crippen MR) is 102 cm³/mol. The number of carbonyl (C=O) groups excluding carboxylic acids is 2. The second-order valence-corrected chi connectivity index (χ2v) is 6.18. The van der Waals surface area contributed by atoms with E-state index in [-0.39, 0.29) is 11.8 Å². The SMILES string of the molecule is CC(NC(=O)c1ccoc1)C(=O)NCc1cccc(OCc2ccccn2)c1. The van der Waals surface area contributed by atoms with Crippen LogP contribution in [0, 0.1) is 0 Å².